The molecule has 3 rings (SSSR count). The summed E-state index contributed by atoms with van der Waals surface area (Å²) in [5.74, 6) is 0.640. The summed E-state index contributed by atoms with van der Waals surface area (Å²) in [7, 11) is 1.80. The summed E-state index contributed by atoms with van der Waals surface area (Å²) in [6.45, 7) is 10.8. The molecule has 1 saturated heterocycles. The van der Waals surface area contributed by atoms with Crippen molar-refractivity contribution >= 4 is 5.91 Å². The average Bonchev–Trinajstić information content (AvgIpc) is 3.12. The molecule has 2 heterocycles. The van der Waals surface area contributed by atoms with Crippen molar-refractivity contribution in [2.75, 3.05) is 39.8 Å². The molecule has 0 atom stereocenters. The fourth-order valence-electron chi connectivity index (χ4n) is 3.28. The van der Waals surface area contributed by atoms with Crippen LogP contribution in [0.3, 0.4) is 0 Å². The Balaban J connectivity index is 1.57. The summed E-state index contributed by atoms with van der Waals surface area (Å²) < 4.78 is 5.41. The highest BCUT2D eigenvalue weighted by molar-refractivity contribution is 5.92. The highest BCUT2D eigenvalue weighted by atomic mass is 16.5. The van der Waals surface area contributed by atoms with Gasteiger partial charge in [-0.15, -0.1) is 0 Å². The van der Waals surface area contributed by atoms with Crippen LogP contribution in [0.5, 0.6) is 0 Å². The van der Waals surface area contributed by atoms with Crippen molar-refractivity contribution in [3.05, 3.63) is 52.9 Å². The Bertz CT molecular complexity index is 735. The van der Waals surface area contributed by atoms with Crippen LogP contribution in [0.1, 0.15) is 34.3 Å². The van der Waals surface area contributed by atoms with Gasteiger partial charge in [0, 0.05) is 45.8 Å². The van der Waals surface area contributed by atoms with Crippen LogP contribution in [-0.4, -0.2) is 65.5 Å². The number of rotatable bonds is 6. The molecule has 1 fully saturated rings. The molecule has 0 radical (unpaired) electrons. The van der Waals surface area contributed by atoms with E-state index in [1.807, 2.05) is 18.2 Å². The predicted octanol–water partition coefficient (Wildman–Crippen LogP) is 2.39. The third-order valence-corrected chi connectivity index (χ3v) is 5.09. The minimum absolute atomic E-state index is 0.112. The standard InChI is InChI=1S/C20H28N4O2/c1-4-23-9-11-24(12-10-23)15-18-13-19(21-26-18)20(25)22(3)14-17-8-6-5-7-16(17)2/h5-8,13H,4,9-12,14-15H2,1-3H3. The summed E-state index contributed by atoms with van der Waals surface area (Å²) in [5, 5.41) is 3.99. The topological polar surface area (TPSA) is 52.8 Å². The first-order chi connectivity index (χ1) is 12.6. The lowest BCUT2D eigenvalue weighted by Crippen LogP contribution is -2.45. The van der Waals surface area contributed by atoms with Gasteiger partial charge in [0.15, 0.2) is 11.5 Å². The maximum atomic E-state index is 12.6. The number of nitrogens with zero attached hydrogens (tertiary/aromatic N) is 4. The molecule has 0 N–H and O–H groups in total. The van der Waals surface area contributed by atoms with Crippen LogP contribution in [0.15, 0.2) is 34.9 Å². The molecule has 1 amide bonds. The Morgan fingerprint density at radius 1 is 1.19 bits per heavy atom. The first kappa shape index (κ1) is 18.6. The monoisotopic (exact) mass is 356 g/mol. The first-order valence-electron chi connectivity index (χ1n) is 9.27. The van der Waals surface area contributed by atoms with Gasteiger partial charge in [0.1, 0.15) is 0 Å². The number of benzene rings is 1. The van der Waals surface area contributed by atoms with E-state index < -0.39 is 0 Å². The Morgan fingerprint density at radius 3 is 2.58 bits per heavy atom. The van der Waals surface area contributed by atoms with Crippen LogP contribution in [0.4, 0.5) is 0 Å². The molecule has 140 valence electrons. The van der Waals surface area contributed by atoms with Crippen LogP contribution >= 0.6 is 0 Å². The van der Waals surface area contributed by atoms with Crippen molar-refractivity contribution in [1.29, 1.82) is 0 Å². The molecule has 26 heavy (non-hydrogen) atoms. The lowest BCUT2D eigenvalue weighted by molar-refractivity contribution is 0.0774. The highest BCUT2D eigenvalue weighted by Gasteiger charge is 2.20. The number of piperazine rings is 1. The van der Waals surface area contributed by atoms with Gasteiger partial charge in [0.2, 0.25) is 0 Å². The quantitative estimate of drug-likeness (QED) is 0.795. The maximum Gasteiger partial charge on any atom is 0.276 e. The van der Waals surface area contributed by atoms with Crippen LogP contribution in [0, 0.1) is 6.92 Å². The fraction of sp³-hybridized carbons (Fsp3) is 0.500. The lowest BCUT2D eigenvalue weighted by atomic mass is 10.1. The van der Waals surface area contributed by atoms with Gasteiger partial charge in [0.05, 0.1) is 6.54 Å². The summed E-state index contributed by atoms with van der Waals surface area (Å²) in [6, 6.07) is 9.88. The zero-order valence-electron chi connectivity index (χ0n) is 15.9. The molecule has 0 aliphatic carbocycles. The molecule has 1 aliphatic heterocycles. The van der Waals surface area contributed by atoms with Crippen LogP contribution in [-0.2, 0) is 13.1 Å². The van der Waals surface area contributed by atoms with E-state index in [0.717, 1.165) is 44.0 Å². The smallest absolute Gasteiger partial charge is 0.276 e. The Labute approximate surface area is 155 Å². The van der Waals surface area contributed by atoms with E-state index in [9.17, 15) is 4.79 Å². The van der Waals surface area contributed by atoms with Crippen LogP contribution in [0.25, 0.3) is 0 Å². The van der Waals surface area contributed by atoms with Gasteiger partial charge in [-0.3, -0.25) is 9.69 Å². The SMILES string of the molecule is CCN1CCN(Cc2cc(C(=O)N(C)Cc3ccccc3C)no2)CC1. The maximum absolute atomic E-state index is 12.6. The molecule has 0 bridgehead atoms. The predicted molar refractivity (Wildman–Crippen MR) is 101 cm³/mol. The van der Waals surface area contributed by atoms with Gasteiger partial charge >= 0.3 is 0 Å². The number of likely N-dealkylation sites (N-methyl/N-ethyl adjacent to an activating group) is 1. The van der Waals surface area contributed by atoms with E-state index in [0.29, 0.717) is 18.8 Å². The van der Waals surface area contributed by atoms with E-state index in [1.54, 1.807) is 18.0 Å². The average molecular weight is 356 g/mol. The molecular weight excluding hydrogens is 328 g/mol. The van der Waals surface area contributed by atoms with Gasteiger partial charge in [-0.25, -0.2) is 0 Å². The van der Waals surface area contributed by atoms with E-state index in [4.69, 9.17) is 4.52 Å². The molecule has 6 nitrogen and oxygen atoms in total. The molecule has 0 saturated carbocycles. The summed E-state index contributed by atoms with van der Waals surface area (Å²) in [5.41, 5.74) is 2.70. The van der Waals surface area contributed by atoms with Crippen molar-refractivity contribution in [3.63, 3.8) is 0 Å². The molecule has 0 spiro atoms. The number of aryl methyl sites for hydroxylation is 1. The minimum atomic E-state index is -0.112. The van der Waals surface area contributed by atoms with Crippen molar-refractivity contribution in [2.45, 2.75) is 26.9 Å². The Kier molecular flexibility index (Phi) is 6.06. The van der Waals surface area contributed by atoms with Gasteiger partial charge < -0.3 is 14.3 Å². The highest BCUT2D eigenvalue weighted by Crippen LogP contribution is 2.14. The number of hydrogen-bond donors (Lipinski definition) is 0. The molecule has 1 aliphatic rings. The summed E-state index contributed by atoms with van der Waals surface area (Å²) >= 11 is 0. The summed E-state index contributed by atoms with van der Waals surface area (Å²) in [4.78, 5) is 19.1. The number of carbonyl (C=O) groups is 1. The van der Waals surface area contributed by atoms with E-state index in [1.165, 1.54) is 5.56 Å². The second-order valence-corrected chi connectivity index (χ2v) is 6.98. The van der Waals surface area contributed by atoms with E-state index in [2.05, 4.69) is 34.9 Å². The Hall–Kier alpha value is -2.18. The van der Waals surface area contributed by atoms with E-state index in [-0.39, 0.29) is 5.91 Å². The third-order valence-electron chi connectivity index (χ3n) is 5.09. The molecule has 6 heteroatoms. The van der Waals surface area contributed by atoms with Crippen LogP contribution in [0.2, 0.25) is 0 Å². The second-order valence-electron chi connectivity index (χ2n) is 6.98. The number of amides is 1. The molecule has 1 aromatic carbocycles. The minimum Gasteiger partial charge on any atom is -0.359 e. The van der Waals surface area contributed by atoms with Gasteiger partial charge in [-0.1, -0.05) is 36.3 Å². The molecular formula is C20H28N4O2. The number of hydrogen-bond acceptors (Lipinski definition) is 5. The molecule has 1 aromatic heterocycles. The summed E-state index contributed by atoms with van der Waals surface area (Å²) in [6.07, 6.45) is 0. The largest absolute Gasteiger partial charge is 0.359 e. The van der Waals surface area contributed by atoms with Gasteiger partial charge in [-0.05, 0) is 24.6 Å². The van der Waals surface area contributed by atoms with Gasteiger partial charge in [-0.2, -0.15) is 0 Å². The van der Waals surface area contributed by atoms with Crippen molar-refractivity contribution in [3.8, 4) is 0 Å². The zero-order chi connectivity index (χ0) is 18.5. The first-order valence-corrected chi connectivity index (χ1v) is 9.27. The normalized spacial score (nSPS) is 16.0. The van der Waals surface area contributed by atoms with Gasteiger partial charge in [0.25, 0.3) is 5.91 Å². The van der Waals surface area contributed by atoms with E-state index >= 15 is 0 Å². The molecule has 2 aromatic rings. The van der Waals surface area contributed by atoms with Crippen molar-refractivity contribution in [1.82, 2.24) is 19.9 Å². The Morgan fingerprint density at radius 2 is 1.88 bits per heavy atom. The number of carbonyl (C=O) groups excluding carboxylic acids is 1. The van der Waals surface area contributed by atoms with Crippen LogP contribution < -0.4 is 0 Å². The lowest BCUT2D eigenvalue weighted by Gasteiger charge is -2.33. The van der Waals surface area contributed by atoms with Crippen molar-refractivity contribution in [2.24, 2.45) is 0 Å². The second kappa shape index (κ2) is 8.47. The van der Waals surface area contributed by atoms with Crippen molar-refractivity contribution < 1.29 is 9.32 Å². The fourth-order valence-corrected chi connectivity index (χ4v) is 3.28. The zero-order valence-corrected chi connectivity index (χ0v) is 15.9. The third kappa shape index (κ3) is 4.51. The molecule has 0 unspecified atom stereocenters. The number of aromatic nitrogens is 1.